The summed E-state index contributed by atoms with van der Waals surface area (Å²) in [6, 6.07) is 7.67. The van der Waals surface area contributed by atoms with Gasteiger partial charge in [-0.05, 0) is 18.6 Å². The maximum Gasteiger partial charge on any atom is 0.186 e. The van der Waals surface area contributed by atoms with Crippen LogP contribution in [0, 0.1) is 6.92 Å². The van der Waals surface area contributed by atoms with Crippen LogP contribution < -0.4 is 5.73 Å². The molecule has 2 heterocycles. The Morgan fingerprint density at radius 2 is 2.05 bits per heavy atom. The summed E-state index contributed by atoms with van der Waals surface area (Å²) in [6.45, 7) is 2.37. The number of aryl methyl sites for hydroxylation is 1. The van der Waals surface area contributed by atoms with E-state index in [2.05, 4.69) is 15.1 Å². The number of hydrogen-bond donors (Lipinski definition) is 1. The minimum Gasteiger partial charge on any atom is -0.383 e. The number of rotatable bonds is 2. The normalized spacial score (nSPS) is 11.1. The van der Waals surface area contributed by atoms with Crippen molar-refractivity contribution in [3.05, 3.63) is 46.9 Å². The SMILES string of the molecule is Cc1nc(N)c2cn(Cc3ccccc3Cl)nc2n1. The Bertz CT molecular complexity index is 750. The molecule has 0 fully saturated rings. The fourth-order valence-electron chi connectivity index (χ4n) is 1.97. The first-order valence-electron chi connectivity index (χ1n) is 5.84. The van der Waals surface area contributed by atoms with E-state index in [1.807, 2.05) is 30.5 Å². The van der Waals surface area contributed by atoms with Crippen molar-refractivity contribution in [2.45, 2.75) is 13.5 Å². The zero-order chi connectivity index (χ0) is 13.4. The van der Waals surface area contributed by atoms with Crippen molar-refractivity contribution in [1.82, 2.24) is 19.7 Å². The minimum absolute atomic E-state index is 0.452. The molecule has 0 saturated heterocycles. The van der Waals surface area contributed by atoms with Gasteiger partial charge in [-0.25, -0.2) is 9.97 Å². The number of nitrogen functional groups attached to an aromatic ring is 1. The van der Waals surface area contributed by atoms with Crippen molar-refractivity contribution in [3.8, 4) is 0 Å². The molecule has 0 saturated carbocycles. The summed E-state index contributed by atoms with van der Waals surface area (Å²) in [5.41, 5.74) is 7.47. The van der Waals surface area contributed by atoms with E-state index in [0.717, 1.165) is 16.0 Å². The number of benzene rings is 1. The first-order chi connectivity index (χ1) is 9.13. The van der Waals surface area contributed by atoms with Crippen molar-refractivity contribution < 1.29 is 0 Å². The third kappa shape index (κ3) is 2.24. The molecule has 0 unspecified atom stereocenters. The summed E-state index contributed by atoms with van der Waals surface area (Å²) in [5, 5.41) is 5.88. The first-order valence-corrected chi connectivity index (χ1v) is 6.22. The number of nitrogens with two attached hydrogens (primary N) is 1. The molecule has 6 heteroatoms. The van der Waals surface area contributed by atoms with Gasteiger partial charge in [-0.15, -0.1) is 0 Å². The predicted octanol–water partition coefficient (Wildman–Crippen LogP) is 2.42. The molecule has 1 aromatic carbocycles. The van der Waals surface area contributed by atoms with Gasteiger partial charge in [0.2, 0.25) is 0 Å². The van der Waals surface area contributed by atoms with Crippen molar-refractivity contribution in [2.75, 3.05) is 5.73 Å². The molecule has 3 aromatic rings. The van der Waals surface area contributed by atoms with Gasteiger partial charge < -0.3 is 5.73 Å². The van der Waals surface area contributed by atoms with Crippen molar-refractivity contribution >= 4 is 28.5 Å². The topological polar surface area (TPSA) is 69.6 Å². The lowest BCUT2D eigenvalue weighted by molar-refractivity contribution is 0.693. The smallest absolute Gasteiger partial charge is 0.186 e. The summed E-state index contributed by atoms with van der Waals surface area (Å²) in [7, 11) is 0. The Balaban J connectivity index is 2.03. The highest BCUT2D eigenvalue weighted by molar-refractivity contribution is 6.31. The average Bonchev–Trinajstić information content (AvgIpc) is 2.75. The van der Waals surface area contributed by atoms with Crippen LogP contribution in [0.4, 0.5) is 5.82 Å². The molecule has 2 N–H and O–H groups in total. The largest absolute Gasteiger partial charge is 0.383 e. The van der Waals surface area contributed by atoms with Crippen LogP contribution in [0.1, 0.15) is 11.4 Å². The molecular formula is C13H12ClN5. The lowest BCUT2D eigenvalue weighted by Gasteiger charge is -2.03. The predicted molar refractivity (Wildman–Crippen MR) is 75.0 cm³/mol. The number of aromatic nitrogens is 4. The summed E-state index contributed by atoms with van der Waals surface area (Å²) >= 11 is 6.14. The molecule has 0 amide bonds. The van der Waals surface area contributed by atoms with Crippen LogP contribution in [0.15, 0.2) is 30.5 Å². The van der Waals surface area contributed by atoms with Gasteiger partial charge in [-0.3, -0.25) is 4.68 Å². The van der Waals surface area contributed by atoms with E-state index in [4.69, 9.17) is 17.3 Å². The lowest BCUT2D eigenvalue weighted by atomic mass is 10.2. The second kappa shape index (κ2) is 4.51. The fraction of sp³-hybridized carbons (Fsp3) is 0.154. The Morgan fingerprint density at radius 1 is 1.26 bits per heavy atom. The van der Waals surface area contributed by atoms with Crippen LogP contribution in [-0.2, 0) is 6.54 Å². The number of halogens is 1. The molecule has 19 heavy (non-hydrogen) atoms. The molecule has 2 aromatic heterocycles. The molecule has 0 aliphatic heterocycles. The molecule has 0 aliphatic carbocycles. The number of anilines is 1. The van der Waals surface area contributed by atoms with Gasteiger partial charge in [0, 0.05) is 11.2 Å². The second-order valence-corrected chi connectivity index (χ2v) is 4.72. The molecule has 0 bridgehead atoms. The summed E-state index contributed by atoms with van der Waals surface area (Å²) in [6.07, 6.45) is 1.84. The van der Waals surface area contributed by atoms with Crippen LogP contribution in [0.2, 0.25) is 5.02 Å². The maximum atomic E-state index is 6.14. The highest BCUT2D eigenvalue weighted by Crippen LogP contribution is 2.19. The van der Waals surface area contributed by atoms with E-state index in [9.17, 15) is 0 Å². The van der Waals surface area contributed by atoms with Gasteiger partial charge in [0.1, 0.15) is 11.6 Å². The highest BCUT2D eigenvalue weighted by atomic mass is 35.5. The van der Waals surface area contributed by atoms with Crippen LogP contribution in [0.5, 0.6) is 0 Å². The Morgan fingerprint density at radius 3 is 2.84 bits per heavy atom. The second-order valence-electron chi connectivity index (χ2n) is 4.31. The van der Waals surface area contributed by atoms with Crippen LogP contribution in [0.25, 0.3) is 11.0 Å². The Kier molecular flexibility index (Phi) is 2.83. The van der Waals surface area contributed by atoms with Crippen LogP contribution in [-0.4, -0.2) is 19.7 Å². The van der Waals surface area contributed by atoms with Gasteiger partial charge in [0.05, 0.1) is 11.9 Å². The molecule has 0 atom stereocenters. The number of fused-ring (bicyclic) bond motifs is 1. The zero-order valence-corrected chi connectivity index (χ0v) is 11.1. The molecular weight excluding hydrogens is 262 g/mol. The van der Waals surface area contributed by atoms with E-state index >= 15 is 0 Å². The minimum atomic E-state index is 0.452. The molecule has 0 radical (unpaired) electrons. The first kappa shape index (κ1) is 11.9. The van der Waals surface area contributed by atoms with E-state index in [1.54, 1.807) is 11.6 Å². The van der Waals surface area contributed by atoms with E-state index in [-0.39, 0.29) is 0 Å². The van der Waals surface area contributed by atoms with Gasteiger partial charge >= 0.3 is 0 Å². The molecule has 3 rings (SSSR count). The van der Waals surface area contributed by atoms with E-state index in [0.29, 0.717) is 23.8 Å². The third-order valence-electron chi connectivity index (χ3n) is 2.86. The highest BCUT2D eigenvalue weighted by Gasteiger charge is 2.09. The van der Waals surface area contributed by atoms with Crippen LogP contribution >= 0.6 is 11.6 Å². The summed E-state index contributed by atoms with van der Waals surface area (Å²) in [5.74, 6) is 1.07. The maximum absolute atomic E-state index is 6.14. The molecule has 0 spiro atoms. The number of nitrogens with zero attached hydrogens (tertiary/aromatic N) is 4. The number of hydrogen-bond acceptors (Lipinski definition) is 4. The molecule has 0 aliphatic rings. The van der Waals surface area contributed by atoms with E-state index in [1.165, 1.54) is 0 Å². The Hall–Kier alpha value is -2.14. The van der Waals surface area contributed by atoms with Gasteiger partial charge in [-0.2, -0.15) is 5.10 Å². The standard InChI is InChI=1S/C13H12ClN5/c1-8-16-12(15)10-7-19(18-13(10)17-8)6-9-4-2-3-5-11(9)14/h2-5,7H,6H2,1H3,(H2,15,16,17,18). The average molecular weight is 274 g/mol. The fourth-order valence-corrected chi connectivity index (χ4v) is 2.16. The molecule has 96 valence electrons. The zero-order valence-electron chi connectivity index (χ0n) is 10.3. The van der Waals surface area contributed by atoms with Crippen LogP contribution in [0.3, 0.4) is 0 Å². The Labute approximate surface area is 115 Å². The lowest BCUT2D eigenvalue weighted by Crippen LogP contribution is -2.00. The quantitative estimate of drug-likeness (QED) is 0.778. The monoisotopic (exact) mass is 273 g/mol. The van der Waals surface area contributed by atoms with E-state index < -0.39 is 0 Å². The molecule has 5 nitrogen and oxygen atoms in total. The summed E-state index contributed by atoms with van der Waals surface area (Å²) < 4.78 is 1.77. The van der Waals surface area contributed by atoms with Gasteiger partial charge in [0.25, 0.3) is 0 Å². The van der Waals surface area contributed by atoms with Crippen molar-refractivity contribution in [3.63, 3.8) is 0 Å². The van der Waals surface area contributed by atoms with Crippen molar-refractivity contribution in [2.24, 2.45) is 0 Å². The van der Waals surface area contributed by atoms with Gasteiger partial charge in [0.15, 0.2) is 5.65 Å². The third-order valence-corrected chi connectivity index (χ3v) is 3.23. The van der Waals surface area contributed by atoms with Crippen molar-refractivity contribution in [1.29, 1.82) is 0 Å². The van der Waals surface area contributed by atoms with Gasteiger partial charge in [-0.1, -0.05) is 29.8 Å². The summed E-state index contributed by atoms with van der Waals surface area (Å²) in [4.78, 5) is 8.39.